The first-order valence-corrected chi connectivity index (χ1v) is 9.85. The van der Waals surface area contributed by atoms with Crippen LogP contribution in [0.3, 0.4) is 0 Å². The van der Waals surface area contributed by atoms with Gasteiger partial charge in [0.25, 0.3) is 0 Å². The van der Waals surface area contributed by atoms with E-state index in [9.17, 15) is 5.11 Å². The van der Waals surface area contributed by atoms with Crippen molar-refractivity contribution in [2.24, 2.45) is 11.8 Å². The summed E-state index contributed by atoms with van der Waals surface area (Å²) in [4.78, 5) is 2.65. The zero-order valence-corrected chi connectivity index (χ0v) is 14.9. The Morgan fingerprint density at radius 3 is 2.59 bits per heavy atom. The standard InChI is InChI=1S/C19H38N2O/c1-3-5-10-21-14-17(12-19(22)4-2)11-18(15-21)20-13-16-8-6-7-9-16/h16-20,22H,3-15H2,1-2H3. The van der Waals surface area contributed by atoms with Gasteiger partial charge in [-0.15, -0.1) is 0 Å². The number of aliphatic hydroxyl groups excluding tert-OH is 1. The van der Waals surface area contributed by atoms with Crippen LogP contribution >= 0.6 is 0 Å². The molecular formula is C19H38N2O. The fourth-order valence-corrected chi connectivity index (χ4v) is 4.28. The summed E-state index contributed by atoms with van der Waals surface area (Å²) >= 11 is 0. The smallest absolute Gasteiger partial charge is 0.0540 e. The topological polar surface area (TPSA) is 35.5 Å². The van der Waals surface area contributed by atoms with Gasteiger partial charge >= 0.3 is 0 Å². The molecule has 0 amide bonds. The van der Waals surface area contributed by atoms with E-state index in [0.717, 1.165) is 18.8 Å². The third kappa shape index (κ3) is 6.17. The van der Waals surface area contributed by atoms with Crippen molar-refractivity contribution in [1.29, 1.82) is 0 Å². The summed E-state index contributed by atoms with van der Waals surface area (Å²) in [6, 6.07) is 0.639. The Hall–Kier alpha value is -0.120. The summed E-state index contributed by atoms with van der Waals surface area (Å²) in [7, 11) is 0. The number of nitrogens with one attached hydrogen (secondary N) is 1. The van der Waals surface area contributed by atoms with E-state index < -0.39 is 0 Å². The molecular weight excluding hydrogens is 272 g/mol. The third-order valence-electron chi connectivity index (χ3n) is 5.69. The summed E-state index contributed by atoms with van der Waals surface area (Å²) in [6.45, 7) is 9.23. The fraction of sp³-hybridized carbons (Fsp3) is 1.00. The predicted molar refractivity (Wildman–Crippen MR) is 94.1 cm³/mol. The summed E-state index contributed by atoms with van der Waals surface area (Å²) < 4.78 is 0. The van der Waals surface area contributed by atoms with E-state index in [0.29, 0.717) is 12.0 Å². The van der Waals surface area contributed by atoms with Crippen LogP contribution in [0.4, 0.5) is 0 Å². The molecule has 22 heavy (non-hydrogen) atoms. The number of piperidine rings is 1. The number of likely N-dealkylation sites (tertiary alicyclic amines) is 1. The Morgan fingerprint density at radius 2 is 1.91 bits per heavy atom. The number of hydrogen-bond donors (Lipinski definition) is 2. The number of nitrogens with zero attached hydrogens (tertiary/aromatic N) is 1. The summed E-state index contributed by atoms with van der Waals surface area (Å²) in [5.41, 5.74) is 0. The van der Waals surface area contributed by atoms with Gasteiger partial charge in [-0.25, -0.2) is 0 Å². The number of rotatable bonds is 9. The van der Waals surface area contributed by atoms with Crippen LogP contribution in [-0.2, 0) is 0 Å². The van der Waals surface area contributed by atoms with E-state index in [-0.39, 0.29) is 6.10 Å². The Bertz CT molecular complexity index is 291. The van der Waals surface area contributed by atoms with Crippen molar-refractivity contribution in [3.8, 4) is 0 Å². The molecule has 2 aliphatic rings. The Morgan fingerprint density at radius 1 is 1.14 bits per heavy atom. The van der Waals surface area contributed by atoms with Gasteiger partial charge in [-0.3, -0.25) is 0 Å². The van der Waals surface area contributed by atoms with Crippen LogP contribution in [0.25, 0.3) is 0 Å². The molecule has 2 rings (SSSR count). The van der Waals surface area contributed by atoms with Crippen LogP contribution in [0, 0.1) is 11.8 Å². The minimum absolute atomic E-state index is 0.105. The quantitative estimate of drug-likeness (QED) is 0.685. The van der Waals surface area contributed by atoms with Gasteiger partial charge in [0.1, 0.15) is 0 Å². The lowest BCUT2D eigenvalue weighted by molar-refractivity contribution is 0.0823. The summed E-state index contributed by atoms with van der Waals surface area (Å²) in [5, 5.41) is 13.9. The van der Waals surface area contributed by atoms with Crippen molar-refractivity contribution < 1.29 is 5.11 Å². The Kier molecular flexibility index (Phi) is 8.19. The molecule has 1 saturated carbocycles. The van der Waals surface area contributed by atoms with Crippen LogP contribution < -0.4 is 5.32 Å². The van der Waals surface area contributed by atoms with Crippen LogP contribution in [0.15, 0.2) is 0 Å². The van der Waals surface area contributed by atoms with Crippen LogP contribution in [-0.4, -0.2) is 48.3 Å². The molecule has 3 nitrogen and oxygen atoms in total. The van der Waals surface area contributed by atoms with E-state index in [1.165, 1.54) is 71.1 Å². The van der Waals surface area contributed by atoms with Gasteiger partial charge in [0, 0.05) is 19.1 Å². The van der Waals surface area contributed by atoms with E-state index in [1.807, 2.05) is 0 Å². The second-order valence-electron chi connectivity index (χ2n) is 7.77. The molecule has 1 heterocycles. The normalized spacial score (nSPS) is 29.0. The molecule has 2 fully saturated rings. The molecule has 0 aromatic heterocycles. The first-order chi connectivity index (χ1) is 10.7. The van der Waals surface area contributed by atoms with Gasteiger partial charge in [-0.1, -0.05) is 33.1 Å². The van der Waals surface area contributed by atoms with E-state index in [4.69, 9.17) is 0 Å². The van der Waals surface area contributed by atoms with E-state index in [2.05, 4.69) is 24.1 Å². The van der Waals surface area contributed by atoms with Gasteiger partial charge in [-0.2, -0.15) is 0 Å². The monoisotopic (exact) mass is 310 g/mol. The minimum Gasteiger partial charge on any atom is -0.393 e. The zero-order valence-electron chi connectivity index (χ0n) is 14.9. The summed E-state index contributed by atoms with van der Waals surface area (Å²) in [5.74, 6) is 1.59. The lowest BCUT2D eigenvalue weighted by atomic mass is 9.88. The van der Waals surface area contributed by atoms with Gasteiger partial charge < -0.3 is 15.3 Å². The highest BCUT2D eigenvalue weighted by Gasteiger charge is 2.28. The first kappa shape index (κ1) is 18.2. The predicted octanol–water partition coefficient (Wildman–Crippen LogP) is 3.42. The van der Waals surface area contributed by atoms with Crippen molar-refractivity contribution in [2.75, 3.05) is 26.2 Å². The van der Waals surface area contributed by atoms with E-state index in [1.54, 1.807) is 0 Å². The van der Waals surface area contributed by atoms with Gasteiger partial charge in [-0.05, 0) is 63.5 Å². The highest BCUT2D eigenvalue weighted by molar-refractivity contribution is 4.85. The molecule has 0 aromatic carbocycles. The molecule has 1 saturated heterocycles. The molecule has 3 atom stereocenters. The van der Waals surface area contributed by atoms with Gasteiger partial charge in [0.2, 0.25) is 0 Å². The molecule has 1 aliphatic carbocycles. The molecule has 2 N–H and O–H groups in total. The molecule has 0 radical (unpaired) electrons. The zero-order chi connectivity index (χ0) is 15.8. The lowest BCUT2D eigenvalue weighted by Crippen LogP contribution is -2.50. The van der Waals surface area contributed by atoms with Crippen molar-refractivity contribution in [3.63, 3.8) is 0 Å². The molecule has 3 heteroatoms. The Labute approximate surface area is 137 Å². The van der Waals surface area contributed by atoms with E-state index >= 15 is 0 Å². The van der Waals surface area contributed by atoms with Crippen molar-refractivity contribution >= 4 is 0 Å². The van der Waals surface area contributed by atoms with Crippen molar-refractivity contribution in [1.82, 2.24) is 10.2 Å². The van der Waals surface area contributed by atoms with Crippen LogP contribution in [0.5, 0.6) is 0 Å². The highest BCUT2D eigenvalue weighted by Crippen LogP contribution is 2.26. The molecule has 3 unspecified atom stereocenters. The third-order valence-corrected chi connectivity index (χ3v) is 5.69. The minimum atomic E-state index is -0.105. The Balaban J connectivity index is 1.80. The lowest BCUT2D eigenvalue weighted by Gasteiger charge is -2.39. The summed E-state index contributed by atoms with van der Waals surface area (Å²) in [6.07, 6.45) is 11.3. The maximum Gasteiger partial charge on any atom is 0.0540 e. The second kappa shape index (κ2) is 9.89. The average molecular weight is 311 g/mol. The van der Waals surface area contributed by atoms with Gasteiger partial charge in [0.05, 0.1) is 6.10 Å². The maximum absolute atomic E-state index is 10.0. The fourth-order valence-electron chi connectivity index (χ4n) is 4.28. The number of hydrogen-bond acceptors (Lipinski definition) is 3. The number of aliphatic hydroxyl groups is 1. The number of unbranched alkanes of at least 4 members (excludes halogenated alkanes) is 1. The maximum atomic E-state index is 10.0. The molecule has 0 spiro atoms. The first-order valence-electron chi connectivity index (χ1n) is 9.85. The van der Waals surface area contributed by atoms with Crippen molar-refractivity contribution in [2.45, 2.75) is 83.8 Å². The van der Waals surface area contributed by atoms with Crippen molar-refractivity contribution in [3.05, 3.63) is 0 Å². The SMILES string of the molecule is CCCCN1CC(CC(O)CC)CC(NCC2CCCC2)C1. The highest BCUT2D eigenvalue weighted by atomic mass is 16.3. The largest absolute Gasteiger partial charge is 0.393 e. The average Bonchev–Trinajstić information content (AvgIpc) is 3.04. The van der Waals surface area contributed by atoms with Gasteiger partial charge in [0.15, 0.2) is 0 Å². The molecule has 1 aliphatic heterocycles. The molecule has 0 bridgehead atoms. The molecule has 130 valence electrons. The molecule has 0 aromatic rings. The van der Waals surface area contributed by atoms with Crippen LogP contribution in [0.2, 0.25) is 0 Å². The van der Waals surface area contributed by atoms with Crippen LogP contribution in [0.1, 0.15) is 71.6 Å². The second-order valence-corrected chi connectivity index (χ2v) is 7.77.